The smallest absolute Gasteiger partial charge is 0.160 e. The molecule has 4 heteroatoms. The summed E-state index contributed by atoms with van der Waals surface area (Å²) in [5, 5.41) is 0.953. The second kappa shape index (κ2) is 22.1. The molecule has 0 spiro atoms. The Hall–Kier alpha value is -10.9. The van der Waals surface area contributed by atoms with Gasteiger partial charge in [-0.2, -0.15) is 0 Å². The molecule has 3 heterocycles. The van der Waals surface area contributed by atoms with Crippen LogP contribution in [0.4, 0.5) is 0 Å². The number of benzene rings is 11. The number of nitrogens with zero attached hydrogens (tertiary/aromatic N) is 4. The molecule has 0 saturated heterocycles. The molecule has 0 fully saturated rings. The van der Waals surface area contributed by atoms with Crippen LogP contribution in [-0.2, 0) is 0 Å². The van der Waals surface area contributed by atoms with Crippen LogP contribution < -0.4 is 0 Å². The van der Waals surface area contributed by atoms with Crippen molar-refractivity contribution >= 4 is 10.9 Å². The lowest BCUT2D eigenvalue weighted by molar-refractivity contribution is 1.23. The molecule has 0 radical (unpaired) electrons. The van der Waals surface area contributed by atoms with Crippen LogP contribution in [0, 0.1) is 0 Å². The summed E-state index contributed by atoms with van der Waals surface area (Å²) < 4.78 is 0. The van der Waals surface area contributed by atoms with Crippen LogP contribution in [0.25, 0.3) is 145 Å². The number of hydrogen-bond acceptors (Lipinski definition) is 4. The van der Waals surface area contributed by atoms with Crippen LogP contribution in [0.2, 0.25) is 0 Å². The Morgan fingerprint density at radius 1 is 0.171 bits per heavy atom. The minimum absolute atomic E-state index is 0.634. The third-order valence-corrected chi connectivity index (χ3v) is 15.3. The lowest BCUT2D eigenvalue weighted by Crippen LogP contribution is -1.98. The van der Waals surface area contributed by atoms with Crippen LogP contribution in [0.5, 0.6) is 0 Å². The standard InChI is InChI=1S/C78H52N4/c1-7-19-53(20-8-1)56-31-33-58(34-32-56)67-47-70(60-39-35-57(36-40-60)54-21-9-2-10-22-54)77-71(48-67)76(65-43-41-64(42-44-65)75-50-68(55-23-11-3-12-24-55)49-72(80-75)61-25-13-4-14-26-61)81-78(82-77)66-45-37-59(38-46-66)69-51-73(62-27-15-5-16-28-62)79-74(52-69)63-29-17-6-18-30-63/h1-52H. The quantitative estimate of drug-likeness (QED) is 0.122. The molecule has 0 saturated carbocycles. The number of aromatic nitrogens is 4. The van der Waals surface area contributed by atoms with Gasteiger partial charge in [0.05, 0.1) is 34.0 Å². The van der Waals surface area contributed by atoms with Crippen LogP contribution in [-0.4, -0.2) is 19.9 Å². The molecule has 14 rings (SSSR count). The lowest BCUT2D eigenvalue weighted by atomic mass is 9.92. The molecule has 0 bridgehead atoms. The van der Waals surface area contributed by atoms with E-state index < -0.39 is 0 Å². The molecule has 4 nitrogen and oxygen atoms in total. The van der Waals surface area contributed by atoms with Crippen molar-refractivity contribution < 1.29 is 0 Å². The molecule has 0 atom stereocenters. The predicted octanol–water partition coefficient (Wildman–Crippen LogP) is 20.4. The molecule has 0 N–H and O–H groups in total. The first kappa shape index (κ1) is 49.4. The zero-order valence-electron chi connectivity index (χ0n) is 44.8. The van der Waals surface area contributed by atoms with E-state index in [0.29, 0.717) is 5.82 Å². The third-order valence-electron chi connectivity index (χ3n) is 15.3. The van der Waals surface area contributed by atoms with Gasteiger partial charge in [-0.05, 0) is 97.6 Å². The van der Waals surface area contributed by atoms with Crippen molar-refractivity contribution in [2.24, 2.45) is 0 Å². The normalized spacial score (nSPS) is 11.2. The highest BCUT2D eigenvalue weighted by molar-refractivity contribution is 6.05. The van der Waals surface area contributed by atoms with Crippen LogP contribution >= 0.6 is 0 Å². The highest BCUT2D eigenvalue weighted by Crippen LogP contribution is 2.41. The first-order valence-electron chi connectivity index (χ1n) is 27.8. The van der Waals surface area contributed by atoms with Crippen LogP contribution in [0.1, 0.15) is 0 Å². The molecule has 11 aromatic carbocycles. The average Bonchev–Trinajstić information content (AvgIpc) is 3.74. The van der Waals surface area contributed by atoms with Gasteiger partial charge < -0.3 is 0 Å². The Morgan fingerprint density at radius 3 is 0.829 bits per heavy atom. The van der Waals surface area contributed by atoms with E-state index in [1.807, 2.05) is 18.2 Å². The summed E-state index contributed by atoms with van der Waals surface area (Å²) in [6, 6.07) is 111. The van der Waals surface area contributed by atoms with Gasteiger partial charge in [0.2, 0.25) is 0 Å². The summed E-state index contributed by atoms with van der Waals surface area (Å²) in [5.41, 5.74) is 24.7. The average molecular weight is 1050 g/mol. The highest BCUT2D eigenvalue weighted by atomic mass is 14.9. The summed E-state index contributed by atoms with van der Waals surface area (Å²) in [7, 11) is 0. The maximum Gasteiger partial charge on any atom is 0.160 e. The minimum Gasteiger partial charge on any atom is -0.248 e. The zero-order valence-corrected chi connectivity index (χ0v) is 44.8. The van der Waals surface area contributed by atoms with E-state index in [0.717, 1.165) is 123 Å². The van der Waals surface area contributed by atoms with Crippen LogP contribution in [0.15, 0.2) is 315 Å². The number of pyridine rings is 2. The van der Waals surface area contributed by atoms with Crippen molar-refractivity contribution in [2.75, 3.05) is 0 Å². The van der Waals surface area contributed by atoms with Crippen molar-refractivity contribution in [1.82, 2.24) is 19.9 Å². The Labute approximate surface area is 478 Å². The second-order valence-corrected chi connectivity index (χ2v) is 20.6. The molecule has 82 heavy (non-hydrogen) atoms. The van der Waals surface area contributed by atoms with Crippen molar-refractivity contribution in [2.45, 2.75) is 0 Å². The van der Waals surface area contributed by atoms with Crippen molar-refractivity contribution in [3.63, 3.8) is 0 Å². The molecular weight excluding hydrogens is 993 g/mol. The minimum atomic E-state index is 0.634. The maximum absolute atomic E-state index is 5.60. The van der Waals surface area contributed by atoms with E-state index in [4.69, 9.17) is 19.9 Å². The van der Waals surface area contributed by atoms with Gasteiger partial charge in [0.1, 0.15) is 0 Å². The summed E-state index contributed by atoms with van der Waals surface area (Å²) in [5.74, 6) is 0.634. The van der Waals surface area contributed by atoms with Gasteiger partial charge in [0.15, 0.2) is 5.82 Å². The molecule has 14 aromatic rings. The Morgan fingerprint density at radius 2 is 0.439 bits per heavy atom. The van der Waals surface area contributed by atoms with Gasteiger partial charge in [-0.1, -0.05) is 279 Å². The largest absolute Gasteiger partial charge is 0.248 e. The van der Waals surface area contributed by atoms with E-state index in [2.05, 4.69) is 297 Å². The summed E-state index contributed by atoms with van der Waals surface area (Å²) in [4.78, 5) is 21.6. The van der Waals surface area contributed by atoms with E-state index in [1.165, 1.54) is 16.7 Å². The monoisotopic (exact) mass is 1040 g/mol. The molecule has 0 aliphatic rings. The number of hydrogen-bond donors (Lipinski definition) is 0. The fourth-order valence-electron chi connectivity index (χ4n) is 11.0. The molecular formula is C78H52N4. The van der Waals surface area contributed by atoms with Crippen molar-refractivity contribution in [1.29, 1.82) is 0 Å². The SMILES string of the molecule is c1ccc(-c2ccc(-c3cc(-c4ccc(-c5ccccc5)cc4)c4nc(-c5ccc(-c6cc(-c7ccccc7)nc(-c7ccccc7)c6)cc5)nc(-c5ccc(-c6cc(-c7ccccc7)cc(-c7ccccc7)n6)cc5)c4c3)cc2)cc1. The van der Waals surface area contributed by atoms with Crippen molar-refractivity contribution in [3.05, 3.63) is 315 Å². The first-order chi connectivity index (χ1) is 40.6. The van der Waals surface area contributed by atoms with Gasteiger partial charge in [-0.15, -0.1) is 0 Å². The molecule has 384 valence electrons. The molecule has 0 aliphatic heterocycles. The maximum atomic E-state index is 5.60. The summed E-state index contributed by atoms with van der Waals surface area (Å²) >= 11 is 0. The zero-order chi connectivity index (χ0) is 54.6. The molecule has 0 amide bonds. The Bertz CT molecular complexity index is 4400. The van der Waals surface area contributed by atoms with Gasteiger partial charge >= 0.3 is 0 Å². The number of fused-ring (bicyclic) bond motifs is 1. The van der Waals surface area contributed by atoms with E-state index in [-0.39, 0.29) is 0 Å². The van der Waals surface area contributed by atoms with Crippen molar-refractivity contribution in [3.8, 4) is 134 Å². The van der Waals surface area contributed by atoms with Gasteiger partial charge in [-0.25, -0.2) is 19.9 Å². The summed E-state index contributed by atoms with van der Waals surface area (Å²) in [6.45, 7) is 0. The number of rotatable bonds is 12. The van der Waals surface area contributed by atoms with Crippen LogP contribution in [0.3, 0.4) is 0 Å². The van der Waals surface area contributed by atoms with Gasteiger partial charge in [0, 0.05) is 44.3 Å². The van der Waals surface area contributed by atoms with Gasteiger partial charge in [0.25, 0.3) is 0 Å². The van der Waals surface area contributed by atoms with E-state index in [9.17, 15) is 0 Å². The van der Waals surface area contributed by atoms with E-state index in [1.54, 1.807) is 0 Å². The molecule has 0 unspecified atom stereocenters. The second-order valence-electron chi connectivity index (χ2n) is 20.6. The predicted molar refractivity (Wildman–Crippen MR) is 340 cm³/mol. The Balaban J connectivity index is 0.938. The lowest BCUT2D eigenvalue weighted by Gasteiger charge is -2.16. The fraction of sp³-hybridized carbons (Fsp3) is 0. The molecule has 0 aliphatic carbocycles. The fourth-order valence-corrected chi connectivity index (χ4v) is 11.0. The highest BCUT2D eigenvalue weighted by Gasteiger charge is 2.20. The first-order valence-corrected chi connectivity index (χ1v) is 27.8. The Kier molecular flexibility index (Phi) is 13.3. The third kappa shape index (κ3) is 10.2. The molecule has 3 aromatic heterocycles. The topological polar surface area (TPSA) is 51.6 Å². The van der Waals surface area contributed by atoms with E-state index >= 15 is 0 Å². The summed E-state index contributed by atoms with van der Waals surface area (Å²) in [6.07, 6.45) is 0. The van der Waals surface area contributed by atoms with Gasteiger partial charge in [-0.3, -0.25) is 0 Å².